The number of carboxylic acid groups (broad SMARTS) is 1. The molecule has 0 aromatic heterocycles. The number of rotatable bonds is 6. The van der Waals surface area contributed by atoms with E-state index in [0.29, 0.717) is 5.69 Å². The third kappa shape index (κ3) is 5.72. The standard InChI is InChI=1S/C15H22N2O4/c1-10(2)21-13-6-5-12(9-11(13)3)16-15(20)17(4)8-7-14(18)19/h5-6,9-10H,7-8H2,1-4H3,(H,16,20)(H,18,19). The van der Waals surface area contributed by atoms with Crippen LogP contribution in [0.1, 0.15) is 25.8 Å². The summed E-state index contributed by atoms with van der Waals surface area (Å²) in [6.45, 7) is 5.97. The summed E-state index contributed by atoms with van der Waals surface area (Å²) < 4.78 is 5.63. The van der Waals surface area contributed by atoms with Crippen LogP contribution in [0.5, 0.6) is 5.75 Å². The zero-order valence-electron chi connectivity index (χ0n) is 12.8. The summed E-state index contributed by atoms with van der Waals surface area (Å²) in [6.07, 6.45) is 0.00991. The number of benzene rings is 1. The van der Waals surface area contributed by atoms with Gasteiger partial charge in [0.05, 0.1) is 12.5 Å². The number of hydrogen-bond donors (Lipinski definition) is 2. The van der Waals surface area contributed by atoms with E-state index in [4.69, 9.17) is 9.84 Å². The third-order valence-corrected chi connectivity index (χ3v) is 2.80. The van der Waals surface area contributed by atoms with Gasteiger partial charge in [0.1, 0.15) is 5.75 Å². The lowest BCUT2D eigenvalue weighted by Gasteiger charge is -2.18. The highest BCUT2D eigenvalue weighted by Crippen LogP contribution is 2.23. The molecule has 1 rings (SSSR count). The Bertz CT molecular complexity index is 514. The molecule has 0 aliphatic rings. The first-order valence-corrected chi connectivity index (χ1v) is 6.81. The van der Waals surface area contributed by atoms with Crippen molar-refractivity contribution in [3.8, 4) is 5.75 Å². The SMILES string of the molecule is Cc1cc(NC(=O)N(C)CCC(=O)O)ccc1OC(C)C. The average Bonchev–Trinajstić information content (AvgIpc) is 2.38. The number of aliphatic carboxylic acids is 1. The minimum absolute atomic E-state index is 0.0793. The molecular weight excluding hydrogens is 272 g/mol. The van der Waals surface area contributed by atoms with E-state index in [1.54, 1.807) is 13.1 Å². The molecule has 2 amide bonds. The fourth-order valence-electron chi connectivity index (χ4n) is 1.70. The second-order valence-electron chi connectivity index (χ2n) is 5.14. The van der Waals surface area contributed by atoms with Gasteiger partial charge in [-0.3, -0.25) is 4.79 Å². The molecule has 0 saturated carbocycles. The number of carbonyl (C=O) groups excluding carboxylic acids is 1. The summed E-state index contributed by atoms with van der Waals surface area (Å²) in [7, 11) is 1.56. The molecule has 0 fully saturated rings. The van der Waals surface area contributed by atoms with E-state index < -0.39 is 5.97 Å². The van der Waals surface area contributed by atoms with E-state index in [0.717, 1.165) is 11.3 Å². The van der Waals surface area contributed by atoms with Crippen LogP contribution in [-0.4, -0.2) is 41.7 Å². The van der Waals surface area contributed by atoms with Gasteiger partial charge in [0.2, 0.25) is 0 Å². The van der Waals surface area contributed by atoms with E-state index in [9.17, 15) is 9.59 Å². The van der Waals surface area contributed by atoms with Gasteiger partial charge in [-0.2, -0.15) is 0 Å². The highest BCUT2D eigenvalue weighted by Gasteiger charge is 2.11. The molecule has 6 heteroatoms. The molecule has 6 nitrogen and oxygen atoms in total. The minimum atomic E-state index is -0.930. The zero-order chi connectivity index (χ0) is 16.0. The van der Waals surface area contributed by atoms with Crippen LogP contribution < -0.4 is 10.1 Å². The second-order valence-corrected chi connectivity index (χ2v) is 5.14. The lowest BCUT2D eigenvalue weighted by molar-refractivity contribution is -0.137. The number of urea groups is 1. The van der Waals surface area contributed by atoms with Gasteiger partial charge in [0, 0.05) is 19.3 Å². The summed E-state index contributed by atoms with van der Waals surface area (Å²) in [6, 6.07) is 5.05. The van der Waals surface area contributed by atoms with Crippen molar-refractivity contribution in [3.63, 3.8) is 0 Å². The third-order valence-electron chi connectivity index (χ3n) is 2.80. The molecule has 0 heterocycles. The van der Waals surface area contributed by atoms with E-state index in [1.807, 2.05) is 32.9 Å². The molecule has 0 bridgehead atoms. The Morgan fingerprint density at radius 1 is 1.38 bits per heavy atom. The summed E-state index contributed by atoms with van der Waals surface area (Å²) >= 11 is 0. The number of amides is 2. The first-order chi connectivity index (χ1) is 9.79. The summed E-state index contributed by atoms with van der Waals surface area (Å²) in [5.41, 5.74) is 1.57. The molecule has 0 saturated heterocycles. The van der Waals surface area contributed by atoms with Crippen molar-refractivity contribution in [2.24, 2.45) is 0 Å². The maximum absolute atomic E-state index is 11.9. The Labute approximate surface area is 124 Å². The van der Waals surface area contributed by atoms with Gasteiger partial charge in [0.25, 0.3) is 0 Å². The summed E-state index contributed by atoms with van der Waals surface area (Å²) in [5, 5.41) is 11.3. The van der Waals surface area contributed by atoms with E-state index in [-0.39, 0.29) is 25.1 Å². The van der Waals surface area contributed by atoms with Gasteiger partial charge >= 0.3 is 12.0 Å². The topological polar surface area (TPSA) is 78.9 Å². The van der Waals surface area contributed by atoms with Crippen LogP contribution in [-0.2, 0) is 4.79 Å². The number of nitrogens with zero attached hydrogens (tertiary/aromatic N) is 1. The Hall–Kier alpha value is -2.24. The van der Waals surface area contributed by atoms with E-state index in [2.05, 4.69) is 5.32 Å². The normalized spacial score (nSPS) is 10.3. The van der Waals surface area contributed by atoms with Crippen LogP contribution in [0.4, 0.5) is 10.5 Å². The Kier molecular flexibility index (Phi) is 6.02. The Morgan fingerprint density at radius 3 is 2.57 bits per heavy atom. The number of hydrogen-bond acceptors (Lipinski definition) is 3. The number of anilines is 1. The molecule has 0 aliphatic carbocycles. The van der Waals surface area contributed by atoms with E-state index in [1.165, 1.54) is 4.90 Å². The van der Waals surface area contributed by atoms with Gasteiger partial charge < -0.3 is 20.1 Å². The number of carboxylic acids is 1. The predicted octanol–water partition coefficient (Wildman–Crippen LogP) is 2.72. The molecule has 0 radical (unpaired) electrons. The van der Waals surface area contributed by atoms with Gasteiger partial charge in [-0.05, 0) is 44.5 Å². The highest BCUT2D eigenvalue weighted by atomic mass is 16.5. The molecule has 1 aromatic carbocycles. The molecule has 0 atom stereocenters. The number of nitrogens with one attached hydrogen (secondary N) is 1. The van der Waals surface area contributed by atoms with Crippen molar-refractivity contribution in [1.29, 1.82) is 0 Å². The van der Waals surface area contributed by atoms with Crippen molar-refractivity contribution in [1.82, 2.24) is 4.90 Å². The molecular formula is C15H22N2O4. The molecule has 21 heavy (non-hydrogen) atoms. The number of aryl methyl sites for hydroxylation is 1. The van der Waals surface area contributed by atoms with Gasteiger partial charge in [-0.1, -0.05) is 0 Å². The maximum Gasteiger partial charge on any atom is 0.321 e. The molecule has 0 aliphatic heterocycles. The molecule has 116 valence electrons. The summed E-state index contributed by atoms with van der Waals surface area (Å²) in [5.74, 6) is -0.150. The van der Waals surface area contributed by atoms with Gasteiger partial charge in [-0.15, -0.1) is 0 Å². The van der Waals surface area contributed by atoms with Crippen molar-refractivity contribution in [2.45, 2.75) is 33.3 Å². The minimum Gasteiger partial charge on any atom is -0.491 e. The second kappa shape index (κ2) is 7.52. The van der Waals surface area contributed by atoms with Crippen LogP contribution in [0.2, 0.25) is 0 Å². The molecule has 0 spiro atoms. The average molecular weight is 294 g/mol. The molecule has 1 aromatic rings. The van der Waals surface area contributed by atoms with Crippen LogP contribution in [0.15, 0.2) is 18.2 Å². The van der Waals surface area contributed by atoms with Gasteiger partial charge in [-0.25, -0.2) is 4.79 Å². The Balaban J connectivity index is 2.64. The number of ether oxygens (including phenoxy) is 1. The van der Waals surface area contributed by atoms with Crippen LogP contribution in [0.3, 0.4) is 0 Å². The molecule has 0 unspecified atom stereocenters. The fourth-order valence-corrected chi connectivity index (χ4v) is 1.70. The van der Waals surface area contributed by atoms with Crippen molar-refractivity contribution >= 4 is 17.7 Å². The van der Waals surface area contributed by atoms with Crippen molar-refractivity contribution in [2.75, 3.05) is 18.9 Å². The van der Waals surface area contributed by atoms with Crippen LogP contribution in [0.25, 0.3) is 0 Å². The van der Waals surface area contributed by atoms with Crippen molar-refractivity contribution in [3.05, 3.63) is 23.8 Å². The first kappa shape index (κ1) is 16.8. The molecule has 2 N–H and O–H groups in total. The monoisotopic (exact) mass is 294 g/mol. The fraction of sp³-hybridized carbons (Fsp3) is 0.467. The highest BCUT2D eigenvalue weighted by molar-refractivity contribution is 5.89. The van der Waals surface area contributed by atoms with Crippen molar-refractivity contribution < 1.29 is 19.4 Å². The van der Waals surface area contributed by atoms with Crippen LogP contribution >= 0.6 is 0 Å². The maximum atomic E-state index is 11.9. The smallest absolute Gasteiger partial charge is 0.321 e. The summed E-state index contributed by atoms with van der Waals surface area (Å²) in [4.78, 5) is 23.7. The van der Waals surface area contributed by atoms with Crippen LogP contribution in [0, 0.1) is 6.92 Å². The lowest BCUT2D eigenvalue weighted by atomic mass is 10.2. The number of carbonyl (C=O) groups is 2. The predicted molar refractivity (Wildman–Crippen MR) is 80.8 cm³/mol. The zero-order valence-corrected chi connectivity index (χ0v) is 12.8. The lowest BCUT2D eigenvalue weighted by Crippen LogP contribution is -2.33. The van der Waals surface area contributed by atoms with Gasteiger partial charge in [0.15, 0.2) is 0 Å². The largest absolute Gasteiger partial charge is 0.491 e. The van der Waals surface area contributed by atoms with E-state index >= 15 is 0 Å². The Morgan fingerprint density at radius 2 is 2.05 bits per heavy atom. The quantitative estimate of drug-likeness (QED) is 0.845. The first-order valence-electron chi connectivity index (χ1n) is 6.81.